The monoisotopic (exact) mass is 235 g/mol. The average Bonchev–Trinajstić information content (AvgIpc) is 2.38. The van der Waals surface area contributed by atoms with Gasteiger partial charge in [-0.25, -0.2) is 0 Å². The number of hydrogen-bond donors (Lipinski definition) is 0. The lowest BCUT2D eigenvalue weighted by molar-refractivity contribution is 1.12. The van der Waals surface area contributed by atoms with Crippen molar-refractivity contribution in [1.29, 1.82) is 5.26 Å². The van der Waals surface area contributed by atoms with Gasteiger partial charge in [0.25, 0.3) is 0 Å². The van der Waals surface area contributed by atoms with Gasteiger partial charge in [0.15, 0.2) is 0 Å². The molecule has 18 heavy (non-hydrogen) atoms. The highest BCUT2D eigenvalue weighted by Gasteiger charge is 2.08. The van der Waals surface area contributed by atoms with Crippen molar-refractivity contribution in [1.82, 2.24) is 0 Å². The molecule has 0 aromatic heterocycles. The second-order valence-electron chi connectivity index (χ2n) is 4.66. The fourth-order valence-electron chi connectivity index (χ4n) is 2.46. The Labute approximate surface area is 109 Å². The molecule has 0 heterocycles. The lowest BCUT2D eigenvalue weighted by atomic mass is 9.91. The topological polar surface area (TPSA) is 23.8 Å². The van der Waals surface area contributed by atoms with Gasteiger partial charge in [-0.2, -0.15) is 5.26 Å². The highest BCUT2D eigenvalue weighted by Crippen LogP contribution is 2.29. The molecule has 0 atom stereocenters. The Bertz CT molecular complexity index is 601. The second-order valence-corrected chi connectivity index (χ2v) is 4.66. The molecule has 0 unspecified atom stereocenters. The smallest absolute Gasteiger partial charge is 0.0991 e. The third-order valence-electron chi connectivity index (χ3n) is 3.25. The molecule has 2 aromatic rings. The van der Waals surface area contributed by atoms with Crippen molar-refractivity contribution < 1.29 is 0 Å². The van der Waals surface area contributed by atoms with Gasteiger partial charge in [0.2, 0.25) is 0 Å². The maximum atomic E-state index is 8.84. The van der Waals surface area contributed by atoms with Crippen molar-refractivity contribution in [3.05, 3.63) is 58.7 Å². The van der Waals surface area contributed by atoms with Crippen LogP contribution in [0.25, 0.3) is 11.1 Å². The summed E-state index contributed by atoms with van der Waals surface area (Å²) in [5.74, 6) is 0. The Balaban J connectivity index is 2.59. The summed E-state index contributed by atoms with van der Waals surface area (Å²) in [5.41, 5.74) is 7.20. The van der Waals surface area contributed by atoms with Gasteiger partial charge in [0, 0.05) is 0 Å². The van der Waals surface area contributed by atoms with E-state index in [4.69, 9.17) is 5.26 Å². The molecule has 0 spiro atoms. The van der Waals surface area contributed by atoms with E-state index >= 15 is 0 Å². The fourth-order valence-corrected chi connectivity index (χ4v) is 2.46. The van der Waals surface area contributed by atoms with E-state index in [-0.39, 0.29) is 0 Å². The maximum Gasteiger partial charge on any atom is 0.0991 e. The van der Waals surface area contributed by atoms with Gasteiger partial charge < -0.3 is 0 Å². The van der Waals surface area contributed by atoms with Crippen LogP contribution in [0, 0.1) is 25.2 Å². The van der Waals surface area contributed by atoms with Crippen LogP contribution in [0.15, 0.2) is 36.4 Å². The first-order valence-electron chi connectivity index (χ1n) is 6.26. The number of benzene rings is 2. The summed E-state index contributed by atoms with van der Waals surface area (Å²) in [6.07, 6.45) is 1.03. The molecule has 1 nitrogen and oxygen atoms in total. The molecule has 2 aromatic carbocycles. The first kappa shape index (κ1) is 12.4. The average molecular weight is 235 g/mol. The standard InChI is InChI=1S/C17H17N/c1-4-15-10-12(2)9-13(3)17(15)16-7-5-14(11-18)6-8-16/h5-10H,4H2,1-3H3. The lowest BCUT2D eigenvalue weighted by Crippen LogP contribution is -1.93. The molecule has 0 aliphatic rings. The van der Waals surface area contributed by atoms with Gasteiger partial charge in [-0.15, -0.1) is 0 Å². The molecule has 0 radical (unpaired) electrons. The van der Waals surface area contributed by atoms with E-state index < -0.39 is 0 Å². The zero-order valence-electron chi connectivity index (χ0n) is 11.1. The number of nitrogens with zero attached hydrogens (tertiary/aromatic N) is 1. The molecule has 1 heteroatoms. The maximum absolute atomic E-state index is 8.84. The van der Waals surface area contributed by atoms with Crippen molar-refractivity contribution >= 4 is 0 Å². The van der Waals surface area contributed by atoms with Gasteiger partial charge in [-0.1, -0.05) is 36.8 Å². The first-order valence-corrected chi connectivity index (χ1v) is 6.26. The highest BCUT2D eigenvalue weighted by atomic mass is 14.2. The molecular formula is C17H17N. The minimum Gasteiger partial charge on any atom is -0.192 e. The first-order chi connectivity index (χ1) is 8.65. The molecule has 0 N–H and O–H groups in total. The summed E-state index contributed by atoms with van der Waals surface area (Å²) in [5, 5.41) is 8.84. The molecular weight excluding hydrogens is 218 g/mol. The van der Waals surface area contributed by atoms with Crippen LogP contribution in [-0.2, 0) is 6.42 Å². The van der Waals surface area contributed by atoms with E-state index in [0.29, 0.717) is 5.56 Å². The van der Waals surface area contributed by atoms with Crippen molar-refractivity contribution in [3.8, 4) is 17.2 Å². The highest BCUT2D eigenvalue weighted by molar-refractivity contribution is 5.72. The van der Waals surface area contributed by atoms with Crippen molar-refractivity contribution in [3.63, 3.8) is 0 Å². The molecule has 0 aliphatic heterocycles. The van der Waals surface area contributed by atoms with E-state index in [1.165, 1.54) is 27.8 Å². The third kappa shape index (κ3) is 2.28. The van der Waals surface area contributed by atoms with Crippen LogP contribution in [0.3, 0.4) is 0 Å². The molecule has 90 valence electrons. The lowest BCUT2D eigenvalue weighted by Gasteiger charge is -2.13. The van der Waals surface area contributed by atoms with Crippen molar-refractivity contribution in [2.45, 2.75) is 27.2 Å². The van der Waals surface area contributed by atoms with Crippen LogP contribution in [0.1, 0.15) is 29.2 Å². The summed E-state index contributed by atoms with van der Waals surface area (Å²) >= 11 is 0. The van der Waals surface area contributed by atoms with E-state index in [2.05, 4.69) is 39.0 Å². The Kier molecular flexibility index (Phi) is 3.48. The predicted molar refractivity (Wildman–Crippen MR) is 75.4 cm³/mol. The Hall–Kier alpha value is -2.07. The quantitative estimate of drug-likeness (QED) is 0.756. The molecule has 0 saturated carbocycles. The Morgan fingerprint density at radius 3 is 2.28 bits per heavy atom. The van der Waals surface area contributed by atoms with E-state index in [9.17, 15) is 0 Å². The van der Waals surface area contributed by atoms with Crippen LogP contribution in [0.5, 0.6) is 0 Å². The zero-order valence-corrected chi connectivity index (χ0v) is 11.1. The molecule has 0 saturated heterocycles. The SMILES string of the molecule is CCc1cc(C)cc(C)c1-c1ccc(C#N)cc1. The third-order valence-corrected chi connectivity index (χ3v) is 3.25. The number of nitriles is 1. The van der Waals surface area contributed by atoms with Gasteiger partial charge >= 0.3 is 0 Å². The summed E-state index contributed by atoms with van der Waals surface area (Å²) < 4.78 is 0. The van der Waals surface area contributed by atoms with Crippen LogP contribution in [0.2, 0.25) is 0 Å². The van der Waals surface area contributed by atoms with Gasteiger partial charge in [0.05, 0.1) is 11.6 Å². The second kappa shape index (κ2) is 5.06. The number of hydrogen-bond acceptors (Lipinski definition) is 1. The van der Waals surface area contributed by atoms with Crippen molar-refractivity contribution in [2.75, 3.05) is 0 Å². The van der Waals surface area contributed by atoms with Gasteiger partial charge in [-0.3, -0.25) is 0 Å². The van der Waals surface area contributed by atoms with Crippen LogP contribution >= 0.6 is 0 Å². The molecule has 0 aliphatic carbocycles. The van der Waals surface area contributed by atoms with E-state index in [1.54, 1.807) is 0 Å². The van der Waals surface area contributed by atoms with Crippen molar-refractivity contribution in [2.24, 2.45) is 0 Å². The summed E-state index contributed by atoms with van der Waals surface area (Å²) in [6, 6.07) is 14.5. The van der Waals surface area contributed by atoms with Gasteiger partial charge in [-0.05, 0) is 54.7 Å². The predicted octanol–water partition coefficient (Wildman–Crippen LogP) is 4.40. The number of aryl methyl sites for hydroxylation is 3. The zero-order chi connectivity index (χ0) is 13.1. The van der Waals surface area contributed by atoms with E-state index in [0.717, 1.165) is 6.42 Å². The summed E-state index contributed by atoms with van der Waals surface area (Å²) in [7, 11) is 0. The molecule has 0 fully saturated rings. The van der Waals surface area contributed by atoms with E-state index in [1.807, 2.05) is 24.3 Å². The Morgan fingerprint density at radius 2 is 1.72 bits per heavy atom. The Morgan fingerprint density at radius 1 is 1.06 bits per heavy atom. The normalized spacial score (nSPS) is 10.1. The summed E-state index contributed by atoms with van der Waals surface area (Å²) in [6.45, 7) is 6.47. The summed E-state index contributed by atoms with van der Waals surface area (Å²) in [4.78, 5) is 0. The fraction of sp³-hybridized carbons (Fsp3) is 0.235. The largest absolute Gasteiger partial charge is 0.192 e. The van der Waals surface area contributed by atoms with Crippen LogP contribution in [-0.4, -0.2) is 0 Å². The molecule has 2 rings (SSSR count). The minimum atomic E-state index is 0.710. The van der Waals surface area contributed by atoms with Gasteiger partial charge in [0.1, 0.15) is 0 Å². The molecule has 0 amide bonds. The minimum absolute atomic E-state index is 0.710. The molecule has 0 bridgehead atoms. The van der Waals surface area contributed by atoms with Crippen LogP contribution in [0.4, 0.5) is 0 Å². The number of rotatable bonds is 2. The van der Waals surface area contributed by atoms with Crippen LogP contribution < -0.4 is 0 Å².